The average molecular weight is 536 g/mol. The molecular weight excluding hydrogens is 501 g/mol. The van der Waals surface area contributed by atoms with Crippen LogP contribution in [0.4, 0.5) is 0 Å². The van der Waals surface area contributed by atoms with Crippen LogP contribution in [-0.4, -0.2) is 15.4 Å². The first kappa shape index (κ1) is 35.9. The van der Waals surface area contributed by atoms with E-state index < -0.39 is 0 Å². The summed E-state index contributed by atoms with van der Waals surface area (Å²) in [5.74, 6) is 0. The monoisotopic (exact) mass is 535 g/mol. The van der Waals surface area contributed by atoms with Gasteiger partial charge in [0.05, 0.1) is 11.4 Å². The molecule has 9 nitrogen and oxygen atoms in total. The summed E-state index contributed by atoms with van der Waals surface area (Å²) in [6.45, 7) is 12.7. The fourth-order valence-corrected chi connectivity index (χ4v) is 1.73. The molecule has 4 N–H and O–H groups in total. The Morgan fingerprint density at radius 2 is 1.21 bits per heavy atom. The number of hydrogen-bond acceptors (Lipinski definition) is 10. The van der Waals surface area contributed by atoms with Crippen molar-refractivity contribution >= 4 is 12.6 Å². The van der Waals surface area contributed by atoms with Crippen LogP contribution >= 0.6 is 0 Å². The summed E-state index contributed by atoms with van der Waals surface area (Å²) in [4.78, 5) is 24.2. The van der Waals surface area contributed by atoms with Crippen LogP contribution in [0.5, 0.6) is 0 Å². The number of hydroxylamine groups is 2. The van der Waals surface area contributed by atoms with Crippen molar-refractivity contribution in [1.29, 1.82) is 0 Å². The minimum absolute atomic E-state index is 0. The van der Waals surface area contributed by atoms with Gasteiger partial charge in [-0.1, -0.05) is 51.1 Å². The van der Waals surface area contributed by atoms with Crippen molar-refractivity contribution in [2.45, 2.75) is 58.8 Å². The van der Waals surface area contributed by atoms with Crippen LogP contribution in [-0.2, 0) is 34.8 Å². The van der Waals surface area contributed by atoms with E-state index in [0.717, 1.165) is 4.90 Å². The largest absolute Gasteiger partial charge is 0.780 e. The van der Waals surface area contributed by atoms with Gasteiger partial charge in [-0.05, 0) is 61.2 Å². The van der Waals surface area contributed by atoms with E-state index in [1.165, 1.54) is 19.4 Å². The smallest absolute Gasteiger partial charge is 0.103 e. The van der Waals surface area contributed by atoms with Crippen molar-refractivity contribution in [3.8, 4) is 0 Å². The van der Waals surface area contributed by atoms with Gasteiger partial charge >= 0.3 is 0 Å². The molecule has 2 aromatic rings. The zero-order chi connectivity index (χ0) is 25.9. The van der Waals surface area contributed by atoms with Crippen LogP contribution in [0.3, 0.4) is 0 Å². The van der Waals surface area contributed by atoms with Gasteiger partial charge in [0.15, 0.2) is 0 Å². The maximum Gasteiger partial charge on any atom is 0.103 e. The van der Waals surface area contributed by atoms with E-state index in [-0.39, 0.29) is 33.6 Å². The average Bonchev–Trinajstić information content (AvgIpc) is 2.83. The molecule has 0 spiro atoms. The molecule has 1 aromatic heterocycles. The SMILES string of the molecule is C/C(N=O)=C(\C)NO.C/C(N=O)=C(\C)NO.CC(C)(C)c1ccncc1.[Co].[S-]c1ccccc1. The van der Waals surface area contributed by atoms with E-state index in [1.54, 1.807) is 24.8 Å². The number of rotatable bonds is 4. The molecule has 0 aliphatic carbocycles. The molecule has 0 bridgehead atoms. The second kappa shape index (κ2) is 20.9. The van der Waals surface area contributed by atoms with Gasteiger partial charge in [0.1, 0.15) is 11.4 Å². The Hall–Kier alpha value is -2.70. The summed E-state index contributed by atoms with van der Waals surface area (Å²) in [6, 6.07) is 13.7. The van der Waals surface area contributed by atoms with Crippen LogP contribution in [0.2, 0.25) is 0 Å². The van der Waals surface area contributed by atoms with Gasteiger partial charge < -0.3 is 12.6 Å². The van der Waals surface area contributed by atoms with Crippen LogP contribution in [0.15, 0.2) is 92.9 Å². The number of nitroso groups, excluding NO2 is 2. The number of benzene rings is 1. The molecule has 0 fully saturated rings. The number of nitrogens with one attached hydrogen (secondary N) is 2. The zero-order valence-corrected chi connectivity index (χ0v) is 22.3. The molecule has 34 heavy (non-hydrogen) atoms. The molecule has 0 saturated carbocycles. The van der Waals surface area contributed by atoms with Gasteiger partial charge in [-0.25, -0.2) is 0 Å². The molecule has 2 rings (SSSR count). The van der Waals surface area contributed by atoms with E-state index >= 15 is 0 Å². The predicted octanol–water partition coefficient (Wildman–Crippen LogP) is 5.94. The summed E-state index contributed by atoms with van der Waals surface area (Å²) in [5.41, 5.74) is 6.46. The topological polar surface area (TPSA) is 136 Å². The van der Waals surface area contributed by atoms with Crippen molar-refractivity contribution < 1.29 is 27.2 Å². The van der Waals surface area contributed by atoms with Gasteiger partial charge in [-0.3, -0.25) is 26.4 Å². The maximum absolute atomic E-state index is 9.65. The third kappa shape index (κ3) is 18.8. The van der Waals surface area contributed by atoms with Gasteiger partial charge in [0, 0.05) is 29.2 Å². The summed E-state index contributed by atoms with van der Waals surface area (Å²) in [5, 5.41) is 21.4. The number of aromatic nitrogens is 1. The van der Waals surface area contributed by atoms with Crippen molar-refractivity contribution in [3.63, 3.8) is 0 Å². The van der Waals surface area contributed by atoms with Gasteiger partial charge in [-0.15, -0.1) is 9.81 Å². The van der Waals surface area contributed by atoms with E-state index in [4.69, 9.17) is 23.0 Å². The number of allylic oxidation sites excluding steroid dienone is 4. The normalized spacial score (nSPS) is 11.0. The molecule has 1 radical (unpaired) electrons. The van der Waals surface area contributed by atoms with Crippen LogP contribution in [0, 0.1) is 9.81 Å². The Bertz CT molecular complexity index is 844. The molecule has 1 aromatic carbocycles. The summed E-state index contributed by atoms with van der Waals surface area (Å²) in [7, 11) is 0. The van der Waals surface area contributed by atoms with Gasteiger partial charge in [0.25, 0.3) is 0 Å². The third-order valence-corrected chi connectivity index (χ3v) is 4.26. The molecule has 191 valence electrons. The maximum atomic E-state index is 9.65. The Morgan fingerprint density at radius 1 is 0.824 bits per heavy atom. The van der Waals surface area contributed by atoms with Crippen LogP contribution in [0.1, 0.15) is 54.0 Å². The number of hydrogen-bond donors (Lipinski definition) is 4. The Morgan fingerprint density at radius 3 is 1.38 bits per heavy atom. The first-order valence-electron chi connectivity index (χ1n) is 9.88. The molecule has 0 unspecified atom stereocenters. The fourth-order valence-electron chi connectivity index (χ4n) is 1.57. The first-order valence-corrected chi connectivity index (χ1v) is 10.3. The molecule has 0 aliphatic heterocycles. The van der Waals surface area contributed by atoms with Gasteiger partial charge in [-0.2, -0.15) is 4.90 Å². The summed E-state index contributed by atoms with van der Waals surface area (Å²) >= 11 is 4.81. The van der Waals surface area contributed by atoms with E-state index in [9.17, 15) is 9.81 Å². The third-order valence-electron chi connectivity index (χ3n) is 3.98. The van der Waals surface area contributed by atoms with Crippen LogP contribution < -0.4 is 11.0 Å². The predicted molar refractivity (Wildman–Crippen MR) is 133 cm³/mol. The first-order chi connectivity index (χ1) is 15.4. The van der Waals surface area contributed by atoms with Crippen molar-refractivity contribution in [3.05, 3.63) is 93.0 Å². The minimum atomic E-state index is 0. The summed E-state index contributed by atoms with van der Waals surface area (Å²) < 4.78 is 0. The van der Waals surface area contributed by atoms with E-state index in [2.05, 4.69) is 48.2 Å². The Kier molecular flexibility index (Phi) is 22.0. The molecule has 0 amide bonds. The number of nitrogens with zero attached hydrogens (tertiary/aromatic N) is 3. The van der Waals surface area contributed by atoms with E-state index in [0.29, 0.717) is 11.4 Å². The zero-order valence-electron chi connectivity index (χ0n) is 20.5. The number of pyridine rings is 1. The second-order valence-electron chi connectivity index (χ2n) is 7.63. The fraction of sp³-hybridized carbons (Fsp3) is 0.348. The molecule has 1 heterocycles. The minimum Gasteiger partial charge on any atom is -0.780 e. The van der Waals surface area contributed by atoms with Gasteiger partial charge in [0.2, 0.25) is 0 Å². The Balaban J connectivity index is -0.000000376. The molecule has 11 heteroatoms. The van der Waals surface area contributed by atoms with Crippen molar-refractivity contribution in [2.24, 2.45) is 10.4 Å². The Labute approximate surface area is 217 Å². The van der Waals surface area contributed by atoms with E-state index in [1.807, 2.05) is 42.7 Å². The van der Waals surface area contributed by atoms with Crippen LogP contribution in [0.25, 0.3) is 0 Å². The van der Waals surface area contributed by atoms with Crippen molar-refractivity contribution in [2.75, 3.05) is 0 Å². The molecule has 0 atom stereocenters. The van der Waals surface area contributed by atoms with Crippen molar-refractivity contribution in [1.82, 2.24) is 15.9 Å². The summed E-state index contributed by atoms with van der Waals surface area (Å²) in [6.07, 6.45) is 3.67. The molecule has 0 aliphatic rings. The second-order valence-corrected chi connectivity index (χ2v) is 8.10. The molecule has 0 saturated heterocycles. The standard InChI is InChI=1S/C9H13N.C6H6S.2C4H8N2O2.Co/c1-9(2,3)8-4-6-10-7-5-8;7-6-4-2-1-3-5-6;2*1-3(5-7)4(2)6-8;/h4-7H,1-3H3;1-5,7H;2*5,7H,1-2H3;/p-1/b;;2*4-3-;. The molecular formula is C23H34CoN5O4S-. The quantitative estimate of drug-likeness (QED) is 0.215.